The molecule has 2 N–H and O–H groups in total. The predicted octanol–water partition coefficient (Wildman–Crippen LogP) is 2.14. The van der Waals surface area contributed by atoms with Crippen LogP contribution in [-0.2, 0) is 13.6 Å². The topological polar surface area (TPSA) is 54.2 Å². The van der Waals surface area contributed by atoms with Crippen molar-refractivity contribution in [1.82, 2.24) is 20.4 Å². The van der Waals surface area contributed by atoms with E-state index in [0.29, 0.717) is 18.5 Å². The van der Waals surface area contributed by atoms with Gasteiger partial charge < -0.3 is 10.6 Å². The van der Waals surface area contributed by atoms with Crippen molar-refractivity contribution in [3.05, 3.63) is 18.0 Å². The molecular weight excluding hydrogens is 353 g/mol. The van der Waals surface area contributed by atoms with E-state index in [1.54, 1.807) is 6.20 Å². The smallest absolute Gasteiger partial charge is 0.191 e. The van der Waals surface area contributed by atoms with Gasteiger partial charge in [-0.05, 0) is 25.8 Å². The van der Waals surface area contributed by atoms with E-state index < -0.39 is 0 Å². The minimum atomic E-state index is 0. The summed E-state index contributed by atoms with van der Waals surface area (Å²) in [5.41, 5.74) is 1.10. The van der Waals surface area contributed by atoms with Crippen molar-refractivity contribution in [1.29, 1.82) is 0 Å². The number of aromatic nitrogens is 2. The highest BCUT2D eigenvalue weighted by Gasteiger charge is 2.08. The molecule has 1 aromatic heterocycles. The first-order valence-electron chi connectivity index (χ1n) is 6.56. The molecule has 0 bridgehead atoms. The van der Waals surface area contributed by atoms with E-state index in [1.807, 2.05) is 17.8 Å². The number of hydrogen-bond acceptors (Lipinski definition) is 2. The Morgan fingerprint density at radius 1 is 1.42 bits per heavy atom. The van der Waals surface area contributed by atoms with Crippen LogP contribution >= 0.6 is 24.0 Å². The summed E-state index contributed by atoms with van der Waals surface area (Å²) in [5, 5.41) is 10.8. The number of nitrogens with one attached hydrogen (secondary N) is 2. The molecule has 6 heteroatoms. The average molecular weight is 379 g/mol. The van der Waals surface area contributed by atoms with Gasteiger partial charge in [0.05, 0.1) is 12.2 Å². The number of aliphatic imine (C=N–C) groups is 1. The quantitative estimate of drug-likeness (QED) is 0.468. The van der Waals surface area contributed by atoms with Gasteiger partial charge in [0.15, 0.2) is 5.96 Å². The van der Waals surface area contributed by atoms with E-state index in [9.17, 15) is 0 Å². The van der Waals surface area contributed by atoms with Crippen molar-refractivity contribution < 1.29 is 0 Å². The summed E-state index contributed by atoms with van der Waals surface area (Å²) in [4.78, 5) is 4.57. The van der Waals surface area contributed by atoms with Crippen LogP contribution in [0, 0.1) is 5.92 Å². The van der Waals surface area contributed by atoms with Gasteiger partial charge in [-0.1, -0.05) is 13.8 Å². The van der Waals surface area contributed by atoms with E-state index >= 15 is 0 Å². The lowest BCUT2D eigenvalue weighted by atomic mass is 10.1. The highest BCUT2D eigenvalue weighted by molar-refractivity contribution is 14.0. The second kappa shape index (κ2) is 9.17. The molecule has 1 atom stereocenters. The lowest BCUT2D eigenvalue weighted by molar-refractivity contribution is 0.480. The first-order chi connectivity index (χ1) is 8.54. The van der Waals surface area contributed by atoms with E-state index in [4.69, 9.17) is 0 Å². The van der Waals surface area contributed by atoms with E-state index in [-0.39, 0.29) is 24.0 Å². The minimum absolute atomic E-state index is 0. The van der Waals surface area contributed by atoms with Gasteiger partial charge in [-0.25, -0.2) is 4.99 Å². The molecule has 0 amide bonds. The molecule has 1 aromatic rings. The molecule has 1 rings (SSSR count). The predicted molar refractivity (Wildman–Crippen MR) is 90.9 cm³/mol. The number of hydrogen-bond donors (Lipinski definition) is 2. The molecular formula is C13H26IN5. The lowest BCUT2D eigenvalue weighted by Crippen LogP contribution is -2.44. The molecule has 0 radical (unpaired) electrons. The Morgan fingerprint density at radius 2 is 2.11 bits per heavy atom. The Labute approximate surface area is 133 Å². The average Bonchev–Trinajstić information content (AvgIpc) is 2.72. The Hall–Kier alpha value is -0.790. The van der Waals surface area contributed by atoms with Gasteiger partial charge in [0, 0.05) is 25.8 Å². The zero-order chi connectivity index (χ0) is 13.5. The maximum atomic E-state index is 4.57. The van der Waals surface area contributed by atoms with Crippen molar-refractivity contribution in [3.8, 4) is 0 Å². The molecule has 19 heavy (non-hydrogen) atoms. The SMILES string of the molecule is CCNC(=NCc1ccnn1C)NC(C)C(C)C.I. The molecule has 0 aliphatic carbocycles. The highest BCUT2D eigenvalue weighted by atomic mass is 127. The van der Waals surface area contributed by atoms with Crippen LogP contribution in [-0.4, -0.2) is 28.3 Å². The molecule has 0 aromatic carbocycles. The van der Waals surface area contributed by atoms with Gasteiger partial charge in [-0.3, -0.25) is 4.68 Å². The molecule has 1 unspecified atom stereocenters. The maximum absolute atomic E-state index is 4.57. The summed E-state index contributed by atoms with van der Waals surface area (Å²) in [6, 6.07) is 2.38. The second-order valence-electron chi connectivity index (χ2n) is 4.82. The van der Waals surface area contributed by atoms with Crippen molar-refractivity contribution in [2.45, 2.75) is 40.3 Å². The standard InChI is InChI=1S/C13H25N5.HI/c1-6-14-13(17-11(4)10(2)3)15-9-12-7-8-16-18(12)5;/h7-8,10-11H,6,9H2,1-5H3,(H2,14,15,17);1H. The van der Waals surface area contributed by atoms with Crippen LogP contribution in [0.2, 0.25) is 0 Å². The first-order valence-corrected chi connectivity index (χ1v) is 6.56. The summed E-state index contributed by atoms with van der Waals surface area (Å²) < 4.78 is 1.85. The minimum Gasteiger partial charge on any atom is -0.357 e. The third-order valence-corrected chi connectivity index (χ3v) is 3.03. The van der Waals surface area contributed by atoms with Crippen LogP contribution in [0.5, 0.6) is 0 Å². The van der Waals surface area contributed by atoms with Gasteiger partial charge in [0.25, 0.3) is 0 Å². The summed E-state index contributed by atoms with van der Waals surface area (Å²) in [7, 11) is 1.93. The van der Waals surface area contributed by atoms with E-state index in [0.717, 1.165) is 18.2 Å². The zero-order valence-electron chi connectivity index (χ0n) is 12.5. The van der Waals surface area contributed by atoms with Gasteiger partial charge in [-0.15, -0.1) is 24.0 Å². The number of halogens is 1. The van der Waals surface area contributed by atoms with Crippen molar-refractivity contribution in [3.63, 3.8) is 0 Å². The molecule has 110 valence electrons. The molecule has 1 heterocycles. The lowest BCUT2D eigenvalue weighted by Gasteiger charge is -2.20. The van der Waals surface area contributed by atoms with Crippen molar-refractivity contribution >= 4 is 29.9 Å². The van der Waals surface area contributed by atoms with Crippen molar-refractivity contribution in [2.75, 3.05) is 6.54 Å². The molecule has 0 spiro atoms. The Bertz CT molecular complexity index is 386. The number of rotatable bonds is 5. The summed E-state index contributed by atoms with van der Waals surface area (Å²) >= 11 is 0. The molecule has 0 aliphatic heterocycles. The van der Waals surface area contributed by atoms with Crippen LogP contribution in [0.15, 0.2) is 17.3 Å². The maximum Gasteiger partial charge on any atom is 0.191 e. The number of nitrogens with zero attached hydrogens (tertiary/aromatic N) is 3. The van der Waals surface area contributed by atoms with Crippen LogP contribution in [0.25, 0.3) is 0 Å². The monoisotopic (exact) mass is 379 g/mol. The fourth-order valence-electron chi connectivity index (χ4n) is 1.42. The normalized spacial score (nSPS) is 13.1. The third kappa shape index (κ3) is 6.26. The zero-order valence-corrected chi connectivity index (χ0v) is 14.8. The fourth-order valence-corrected chi connectivity index (χ4v) is 1.42. The van der Waals surface area contributed by atoms with E-state index in [2.05, 4.69) is 48.4 Å². The third-order valence-electron chi connectivity index (χ3n) is 3.03. The van der Waals surface area contributed by atoms with Crippen molar-refractivity contribution in [2.24, 2.45) is 18.0 Å². The second-order valence-corrected chi connectivity index (χ2v) is 4.82. The molecule has 0 saturated heterocycles. The van der Waals surface area contributed by atoms with E-state index in [1.165, 1.54) is 0 Å². The van der Waals surface area contributed by atoms with Gasteiger partial charge in [-0.2, -0.15) is 5.10 Å². The molecule has 0 saturated carbocycles. The molecule has 0 fully saturated rings. The molecule has 0 aliphatic rings. The van der Waals surface area contributed by atoms with Crippen LogP contribution in [0.3, 0.4) is 0 Å². The van der Waals surface area contributed by atoms with Gasteiger partial charge in [0.1, 0.15) is 0 Å². The summed E-state index contributed by atoms with van der Waals surface area (Å²) in [6.45, 7) is 10.1. The number of guanidine groups is 1. The van der Waals surface area contributed by atoms with Gasteiger partial charge >= 0.3 is 0 Å². The Balaban J connectivity index is 0.00000324. The Kier molecular flexibility index (Phi) is 8.79. The fraction of sp³-hybridized carbons (Fsp3) is 0.692. The molecule has 5 nitrogen and oxygen atoms in total. The van der Waals surface area contributed by atoms with Crippen LogP contribution < -0.4 is 10.6 Å². The first kappa shape index (κ1) is 18.2. The largest absolute Gasteiger partial charge is 0.357 e. The summed E-state index contributed by atoms with van der Waals surface area (Å²) in [5.74, 6) is 1.44. The van der Waals surface area contributed by atoms with Gasteiger partial charge in [0.2, 0.25) is 0 Å². The highest BCUT2D eigenvalue weighted by Crippen LogP contribution is 2.01. The Morgan fingerprint density at radius 3 is 2.58 bits per heavy atom. The van der Waals surface area contributed by atoms with Crippen LogP contribution in [0.4, 0.5) is 0 Å². The summed E-state index contributed by atoms with van der Waals surface area (Å²) in [6.07, 6.45) is 1.79. The number of aryl methyl sites for hydroxylation is 1. The van der Waals surface area contributed by atoms with Crippen LogP contribution in [0.1, 0.15) is 33.4 Å².